The minimum Gasteiger partial charge on any atom is -0.383 e. The van der Waals surface area contributed by atoms with E-state index in [1.165, 1.54) is 17.5 Å². The molecule has 2 N–H and O–H groups in total. The molecule has 2 aromatic heterocycles. The van der Waals surface area contributed by atoms with E-state index in [0.717, 1.165) is 30.3 Å². The number of benzene rings is 1. The van der Waals surface area contributed by atoms with Crippen molar-refractivity contribution in [3.8, 4) is 0 Å². The van der Waals surface area contributed by atoms with E-state index in [9.17, 15) is 0 Å². The molecular formula is C18H20N4O. The van der Waals surface area contributed by atoms with Crippen molar-refractivity contribution in [3.63, 3.8) is 0 Å². The van der Waals surface area contributed by atoms with Crippen LogP contribution in [0.4, 0.5) is 5.82 Å². The van der Waals surface area contributed by atoms with Crippen LogP contribution in [0.1, 0.15) is 30.2 Å². The maximum absolute atomic E-state index is 6.26. The molecule has 118 valence electrons. The van der Waals surface area contributed by atoms with Gasteiger partial charge in [-0.15, -0.1) is 0 Å². The molecule has 3 aromatic rings. The summed E-state index contributed by atoms with van der Waals surface area (Å²) in [7, 11) is 0. The third-order valence-corrected chi connectivity index (χ3v) is 4.48. The molecule has 5 heteroatoms. The summed E-state index contributed by atoms with van der Waals surface area (Å²) in [6, 6.07) is 10.6. The summed E-state index contributed by atoms with van der Waals surface area (Å²) >= 11 is 0. The van der Waals surface area contributed by atoms with Crippen LogP contribution in [0.15, 0.2) is 42.9 Å². The van der Waals surface area contributed by atoms with Gasteiger partial charge >= 0.3 is 0 Å². The fourth-order valence-electron chi connectivity index (χ4n) is 3.37. The Balaban J connectivity index is 1.52. The highest BCUT2D eigenvalue weighted by atomic mass is 16.5. The van der Waals surface area contributed by atoms with Crippen molar-refractivity contribution in [2.24, 2.45) is 0 Å². The molecule has 0 radical (unpaired) electrons. The number of anilines is 1. The summed E-state index contributed by atoms with van der Waals surface area (Å²) in [6.45, 7) is 2.12. The molecule has 0 bridgehead atoms. The average Bonchev–Trinajstić information content (AvgIpc) is 3.14. The first kappa shape index (κ1) is 14.2. The molecule has 23 heavy (non-hydrogen) atoms. The molecule has 3 heterocycles. The lowest BCUT2D eigenvalue weighted by atomic mass is 10.0. The Morgan fingerprint density at radius 3 is 3.04 bits per heavy atom. The number of hydrogen-bond donors (Lipinski definition) is 1. The van der Waals surface area contributed by atoms with E-state index in [2.05, 4.69) is 45.7 Å². The number of hydrogen-bond acceptors (Lipinski definition) is 4. The predicted molar refractivity (Wildman–Crippen MR) is 90.0 cm³/mol. The summed E-state index contributed by atoms with van der Waals surface area (Å²) in [5, 5.41) is 0.887. The van der Waals surface area contributed by atoms with Gasteiger partial charge in [0.25, 0.3) is 0 Å². The van der Waals surface area contributed by atoms with Crippen molar-refractivity contribution in [2.75, 3.05) is 5.73 Å². The monoisotopic (exact) mass is 308 g/mol. The fraction of sp³-hybridized carbons (Fsp3) is 0.333. The van der Waals surface area contributed by atoms with Gasteiger partial charge in [0, 0.05) is 6.20 Å². The SMILES string of the molecule is Cc1cccc(CC2CCC(n3ccc4c(N)ncnc43)O2)c1. The van der Waals surface area contributed by atoms with E-state index < -0.39 is 0 Å². The van der Waals surface area contributed by atoms with E-state index in [1.807, 2.05) is 12.3 Å². The summed E-state index contributed by atoms with van der Waals surface area (Å²) in [5.41, 5.74) is 9.38. The number of fused-ring (bicyclic) bond motifs is 1. The third kappa shape index (κ3) is 2.68. The Morgan fingerprint density at radius 2 is 2.17 bits per heavy atom. The van der Waals surface area contributed by atoms with Gasteiger partial charge in [-0.05, 0) is 37.8 Å². The predicted octanol–water partition coefficient (Wildman–Crippen LogP) is 3.24. The van der Waals surface area contributed by atoms with E-state index in [4.69, 9.17) is 10.5 Å². The molecule has 1 aliphatic heterocycles. The first-order valence-corrected chi connectivity index (χ1v) is 7.99. The van der Waals surface area contributed by atoms with Crippen LogP contribution in [0, 0.1) is 6.92 Å². The summed E-state index contributed by atoms with van der Waals surface area (Å²) in [5.74, 6) is 0.517. The van der Waals surface area contributed by atoms with Crippen molar-refractivity contribution in [1.82, 2.24) is 14.5 Å². The molecule has 5 nitrogen and oxygen atoms in total. The number of ether oxygens (including phenoxy) is 1. The zero-order valence-corrected chi connectivity index (χ0v) is 13.1. The van der Waals surface area contributed by atoms with Crippen LogP contribution in [0.5, 0.6) is 0 Å². The number of nitrogen functional groups attached to an aromatic ring is 1. The highest BCUT2D eigenvalue weighted by Gasteiger charge is 2.27. The molecule has 1 aromatic carbocycles. The van der Waals surface area contributed by atoms with Crippen LogP contribution in [0.25, 0.3) is 11.0 Å². The second-order valence-electron chi connectivity index (χ2n) is 6.20. The first-order chi connectivity index (χ1) is 11.2. The van der Waals surface area contributed by atoms with Crippen LogP contribution in [0.3, 0.4) is 0 Å². The largest absolute Gasteiger partial charge is 0.383 e. The van der Waals surface area contributed by atoms with E-state index in [0.29, 0.717) is 5.82 Å². The Bertz CT molecular complexity index is 842. The lowest BCUT2D eigenvalue weighted by Crippen LogP contribution is -2.13. The maximum Gasteiger partial charge on any atom is 0.147 e. The normalized spacial score (nSPS) is 21.1. The molecular weight excluding hydrogens is 288 g/mol. The number of nitrogens with zero attached hydrogens (tertiary/aromatic N) is 3. The van der Waals surface area contributed by atoms with Crippen LogP contribution >= 0.6 is 0 Å². The van der Waals surface area contributed by atoms with Gasteiger partial charge in [0.1, 0.15) is 24.0 Å². The highest BCUT2D eigenvalue weighted by Crippen LogP contribution is 2.33. The fourth-order valence-corrected chi connectivity index (χ4v) is 3.37. The van der Waals surface area contributed by atoms with Crippen LogP contribution in [-0.4, -0.2) is 20.6 Å². The Hall–Kier alpha value is -2.40. The number of aryl methyl sites for hydroxylation is 1. The van der Waals surface area contributed by atoms with E-state index >= 15 is 0 Å². The second kappa shape index (κ2) is 5.66. The summed E-state index contributed by atoms with van der Waals surface area (Å²) in [6.07, 6.45) is 6.77. The number of aromatic nitrogens is 3. The van der Waals surface area contributed by atoms with Crippen LogP contribution < -0.4 is 5.73 Å². The Labute approximate surface area is 135 Å². The van der Waals surface area contributed by atoms with Gasteiger partial charge in [0.05, 0.1) is 11.5 Å². The van der Waals surface area contributed by atoms with Gasteiger partial charge in [0.2, 0.25) is 0 Å². The molecule has 0 aliphatic carbocycles. The highest BCUT2D eigenvalue weighted by molar-refractivity contribution is 5.86. The van der Waals surface area contributed by atoms with Gasteiger partial charge < -0.3 is 15.0 Å². The van der Waals surface area contributed by atoms with Crippen LogP contribution in [0.2, 0.25) is 0 Å². The van der Waals surface area contributed by atoms with Gasteiger partial charge in [0.15, 0.2) is 0 Å². The van der Waals surface area contributed by atoms with Gasteiger partial charge in [-0.3, -0.25) is 0 Å². The number of rotatable bonds is 3. The number of nitrogens with two attached hydrogens (primary N) is 1. The zero-order chi connectivity index (χ0) is 15.8. The molecule has 1 fully saturated rings. The standard InChI is InChI=1S/C18H20N4O/c1-12-3-2-4-13(9-12)10-14-5-6-16(23-14)22-8-7-15-17(19)20-11-21-18(15)22/h2-4,7-9,11,14,16H,5-6,10H2,1H3,(H2,19,20,21). The molecule has 0 saturated carbocycles. The maximum atomic E-state index is 6.26. The zero-order valence-electron chi connectivity index (χ0n) is 13.1. The average molecular weight is 308 g/mol. The lowest BCUT2D eigenvalue weighted by Gasteiger charge is -2.16. The van der Waals surface area contributed by atoms with Crippen molar-refractivity contribution in [2.45, 2.75) is 38.5 Å². The van der Waals surface area contributed by atoms with Crippen molar-refractivity contribution in [1.29, 1.82) is 0 Å². The van der Waals surface area contributed by atoms with E-state index in [1.54, 1.807) is 0 Å². The van der Waals surface area contributed by atoms with Gasteiger partial charge in [-0.1, -0.05) is 29.8 Å². The van der Waals surface area contributed by atoms with Crippen LogP contribution in [-0.2, 0) is 11.2 Å². The minimum absolute atomic E-state index is 0.0246. The molecule has 4 rings (SSSR count). The Kier molecular flexibility index (Phi) is 3.50. The molecule has 1 aliphatic rings. The summed E-state index contributed by atoms with van der Waals surface area (Å²) in [4.78, 5) is 8.40. The summed E-state index contributed by atoms with van der Waals surface area (Å²) < 4.78 is 8.33. The van der Waals surface area contributed by atoms with Gasteiger partial charge in [-0.25, -0.2) is 9.97 Å². The van der Waals surface area contributed by atoms with Gasteiger partial charge in [-0.2, -0.15) is 0 Å². The molecule has 1 saturated heterocycles. The smallest absolute Gasteiger partial charge is 0.147 e. The molecule has 2 atom stereocenters. The first-order valence-electron chi connectivity index (χ1n) is 7.99. The second-order valence-corrected chi connectivity index (χ2v) is 6.20. The molecule has 0 amide bonds. The molecule has 2 unspecified atom stereocenters. The lowest BCUT2D eigenvalue weighted by molar-refractivity contribution is 0.00505. The Morgan fingerprint density at radius 1 is 1.26 bits per heavy atom. The molecule has 0 spiro atoms. The van der Waals surface area contributed by atoms with Crippen molar-refractivity contribution in [3.05, 3.63) is 54.0 Å². The van der Waals surface area contributed by atoms with Crippen molar-refractivity contribution >= 4 is 16.9 Å². The third-order valence-electron chi connectivity index (χ3n) is 4.48. The quantitative estimate of drug-likeness (QED) is 0.806. The van der Waals surface area contributed by atoms with Crippen molar-refractivity contribution < 1.29 is 4.74 Å². The minimum atomic E-state index is 0.0246. The van der Waals surface area contributed by atoms with E-state index in [-0.39, 0.29) is 12.3 Å². The topological polar surface area (TPSA) is 66.0 Å².